The van der Waals surface area contributed by atoms with Gasteiger partial charge in [-0.25, -0.2) is 9.97 Å². The van der Waals surface area contributed by atoms with Crippen LogP contribution in [0, 0.1) is 18.8 Å². The normalized spacial score (nSPS) is 27.4. The lowest BCUT2D eigenvalue weighted by atomic mass is 9.86. The standard InChI is InChI=1S/C14H20ClN3O/c1-8-5-9(2)10(3)18(6-8)14-12(7-19)13(15)16-11(4)17-14/h7-10H,5-6H2,1-4H3. The molecular weight excluding hydrogens is 262 g/mol. The summed E-state index contributed by atoms with van der Waals surface area (Å²) >= 11 is 6.07. The van der Waals surface area contributed by atoms with Gasteiger partial charge in [0.1, 0.15) is 16.8 Å². The minimum absolute atomic E-state index is 0.246. The van der Waals surface area contributed by atoms with Gasteiger partial charge in [0.2, 0.25) is 0 Å². The molecule has 5 heteroatoms. The number of piperidine rings is 1. The zero-order valence-corrected chi connectivity index (χ0v) is 12.6. The third-order valence-electron chi connectivity index (χ3n) is 3.98. The Morgan fingerprint density at radius 1 is 1.32 bits per heavy atom. The summed E-state index contributed by atoms with van der Waals surface area (Å²) in [5.74, 6) is 2.43. The second-order valence-electron chi connectivity index (χ2n) is 5.63. The van der Waals surface area contributed by atoms with Crippen LogP contribution in [-0.2, 0) is 0 Å². The molecule has 1 aromatic heterocycles. The van der Waals surface area contributed by atoms with Gasteiger partial charge >= 0.3 is 0 Å². The maximum Gasteiger partial charge on any atom is 0.156 e. The topological polar surface area (TPSA) is 46.1 Å². The van der Waals surface area contributed by atoms with E-state index < -0.39 is 0 Å². The monoisotopic (exact) mass is 281 g/mol. The van der Waals surface area contributed by atoms with Crippen LogP contribution in [0.4, 0.5) is 5.82 Å². The van der Waals surface area contributed by atoms with Gasteiger partial charge in [-0.1, -0.05) is 25.4 Å². The highest BCUT2D eigenvalue weighted by Gasteiger charge is 2.31. The number of carbonyl (C=O) groups excluding carboxylic acids is 1. The van der Waals surface area contributed by atoms with Crippen molar-refractivity contribution in [2.75, 3.05) is 11.4 Å². The molecule has 2 heterocycles. The fourth-order valence-corrected chi connectivity index (χ4v) is 3.10. The lowest BCUT2D eigenvalue weighted by molar-refractivity contribution is 0.112. The second-order valence-corrected chi connectivity index (χ2v) is 5.99. The molecule has 0 bridgehead atoms. The molecule has 0 aliphatic carbocycles. The van der Waals surface area contributed by atoms with E-state index >= 15 is 0 Å². The highest BCUT2D eigenvalue weighted by atomic mass is 35.5. The molecule has 1 fully saturated rings. The fraction of sp³-hybridized carbons (Fsp3) is 0.643. The Bertz CT molecular complexity index is 492. The summed E-state index contributed by atoms with van der Waals surface area (Å²) in [4.78, 5) is 22.0. The van der Waals surface area contributed by atoms with Crippen molar-refractivity contribution < 1.29 is 4.79 Å². The summed E-state index contributed by atoms with van der Waals surface area (Å²) in [6.07, 6.45) is 1.96. The third kappa shape index (κ3) is 2.73. The predicted molar refractivity (Wildman–Crippen MR) is 76.9 cm³/mol. The van der Waals surface area contributed by atoms with Crippen LogP contribution in [0.3, 0.4) is 0 Å². The van der Waals surface area contributed by atoms with E-state index in [1.165, 1.54) is 6.42 Å². The summed E-state index contributed by atoms with van der Waals surface area (Å²) < 4.78 is 0. The number of aryl methyl sites for hydroxylation is 1. The molecule has 3 unspecified atom stereocenters. The van der Waals surface area contributed by atoms with Crippen molar-refractivity contribution in [3.63, 3.8) is 0 Å². The molecule has 2 rings (SSSR count). The summed E-state index contributed by atoms with van der Waals surface area (Å²) in [6, 6.07) is 0.347. The van der Waals surface area contributed by atoms with Gasteiger partial charge < -0.3 is 4.90 Å². The van der Waals surface area contributed by atoms with E-state index in [4.69, 9.17) is 11.6 Å². The van der Waals surface area contributed by atoms with Crippen LogP contribution in [0.15, 0.2) is 0 Å². The largest absolute Gasteiger partial charge is 0.353 e. The molecule has 104 valence electrons. The first kappa shape index (κ1) is 14.3. The summed E-state index contributed by atoms with van der Waals surface area (Å²) in [5.41, 5.74) is 0.403. The van der Waals surface area contributed by atoms with Crippen molar-refractivity contribution in [1.29, 1.82) is 0 Å². The van der Waals surface area contributed by atoms with Gasteiger partial charge in [-0.15, -0.1) is 0 Å². The van der Waals surface area contributed by atoms with E-state index in [0.29, 0.717) is 35.1 Å². The second kappa shape index (κ2) is 5.45. The van der Waals surface area contributed by atoms with Crippen LogP contribution in [0.5, 0.6) is 0 Å². The minimum Gasteiger partial charge on any atom is -0.353 e. The van der Waals surface area contributed by atoms with Gasteiger partial charge in [-0.3, -0.25) is 4.79 Å². The van der Waals surface area contributed by atoms with Crippen LogP contribution < -0.4 is 4.90 Å². The molecular formula is C14H20ClN3O. The zero-order chi connectivity index (χ0) is 14.2. The first-order valence-corrected chi connectivity index (χ1v) is 7.07. The Kier molecular flexibility index (Phi) is 4.09. The third-order valence-corrected chi connectivity index (χ3v) is 4.27. The number of aldehydes is 1. The number of anilines is 1. The number of rotatable bonds is 2. The van der Waals surface area contributed by atoms with Crippen LogP contribution in [0.1, 0.15) is 43.4 Å². The van der Waals surface area contributed by atoms with Crippen LogP contribution in [0.25, 0.3) is 0 Å². The lowest BCUT2D eigenvalue weighted by Gasteiger charge is -2.42. The van der Waals surface area contributed by atoms with Crippen LogP contribution >= 0.6 is 11.6 Å². The average molecular weight is 282 g/mol. The predicted octanol–water partition coefficient (Wildman–Crippen LogP) is 3.12. The summed E-state index contributed by atoms with van der Waals surface area (Å²) in [6.45, 7) is 9.34. The van der Waals surface area contributed by atoms with E-state index in [9.17, 15) is 4.79 Å². The van der Waals surface area contributed by atoms with E-state index in [-0.39, 0.29) is 5.15 Å². The molecule has 3 atom stereocenters. The molecule has 0 saturated carbocycles. The van der Waals surface area contributed by atoms with Crippen molar-refractivity contribution in [3.05, 3.63) is 16.5 Å². The number of hydrogen-bond donors (Lipinski definition) is 0. The fourth-order valence-electron chi connectivity index (χ4n) is 2.85. The highest BCUT2D eigenvalue weighted by Crippen LogP contribution is 2.33. The molecule has 0 spiro atoms. The van der Waals surface area contributed by atoms with Crippen molar-refractivity contribution >= 4 is 23.7 Å². The first-order chi connectivity index (χ1) is 8.93. The maximum absolute atomic E-state index is 11.3. The Labute approximate surface area is 119 Å². The van der Waals surface area contributed by atoms with Crippen molar-refractivity contribution in [1.82, 2.24) is 9.97 Å². The number of hydrogen-bond acceptors (Lipinski definition) is 4. The zero-order valence-electron chi connectivity index (χ0n) is 11.9. The van der Waals surface area contributed by atoms with E-state index in [2.05, 4.69) is 35.6 Å². The Morgan fingerprint density at radius 3 is 2.63 bits per heavy atom. The first-order valence-electron chi connectivity index (χ1n) is 6.70. The Morgan fingerprint density at radius 2 is 2.00 bits per heavy atom. The summed E-state index contributed by atoms with van der Waals surface area (Å²) in [7, 11) is 0. The molecule has 1 aliphatic heterocycles. The van der Waals surface area contributed by atoms with Gasteiger partial charge in [0.15, 0.2) is 6.29 Å². The maximum atomic E-state index is 11.3. The molecule has 0 radical (unpaired) electrons. The quantitative estimate of drug-likeness (QED) is 0.617. The molecule has 0 amide bonds. The lowest BCUT2D eigenvalue weighted by Crippen LogP contribution is -2.46. The SMILES string of the molecule is Cc1nc(Cl)c(C=O)c(N2CC(C)CC(C)C2C)n1. The van der Waals surface area contributed by atoms with Gasteiger partial charge in [0, 0.05) is 12.6 Å². The van der Waals surface area contributed by atoms with Crippen molar-refractivity contribution in [2.45, 2.75) is 40.2 Å². The number of halogens is 1. The summed E-state index contributed by atoms with van der Waals surface area (Å²) in [5, 5.41) is 0.246. The Balaban J connectivity index is 2.47. The van der Waals surface area contributed by atoms with E-state index in [1.54, 1.807) is 6.92 Å². The van der Waals surface area contributed by atoms with Gasteiger partial charge in [-0.05, 0) is 32.1 Å². The molecule has 1 aliphatic rings. The highest BCUT2D eigenvalue weighted by molar-refractivity contribution is 6.32. The minimum atomic E-state index is 0.246. The average Bonchev–Trinajstić information content (AvgIpc) is 2.33. The van der Waals surface area contributed by atoms with E-state index in [1.807, 2.05) is 0 Å². The molecule has 1 aromatic rings. The van der Waals surface area contributed by atoms with E-state index in [0.717, 1.165) is 12.8 Å². The number of carbonyl (C=O) groups is 1. The van der Waals surface area contributed by atoms with Crippen molar-refractivity contribution in [3.8, 4) is 0 Å². The van der Waals surface area contributed by atoms with Crippen LogP contribution in [-0.4, -0.2) is 28.8 Å². The number of nitrogens with zero attached hydrogens (tertiary/aromatic N) is 3. The molecule has 1 saturated heterocycles. The van der Waals surface area contributed by atoms with Gasteiger partial charge in [-0.2, -0.15) is 0 Å². The Hall–Kier alpha value is -1.16. The molecule has 0 aromatic carbocycles. The molecule has 19 heavy (non-hydrogen) atoms. The molecule has 0 N–H and O–H groups in total. The van der Waals surface area contributed by atoms with Crippen molar-refractivity contribution in [2.24, 2.45) is 11.8 Å². The number of aromatic nitrogens is 2. The van der Waals surface area contributed by atoms with Gasteiger partial charge in [0.05, 0.1) is 5.56 Å². The van der Waals surface area contributed by atoms with Gasteiger partial charge in [0.25, 0.3) is 0 Å². The molecule has 4 nitrogen and oxygen atoms in total. The smallest absolute Gasteiger partial charge is 0.156 e. The van der Waals surface area contributed by atoms with Crippen LogP contribution in [0.2, 0.25) is 5.15 Å².